The van der Waals surface area contributed by atoms with E-state index >= 15 is 0 Å². The second-order valence-electron chi connectivity index (χ2n) is 6.94. The lowest BCUT2D eigenvalue weighted by Gasteiger charge is -2.19. The van der Waals surface area contributed by atoms with Gasteiger partial charge in [-0.1, -0.05) is 68.3 Å². The lowest BCUT2D eigenvalue weighted by atomic mass is 10.1. The van der Waals surface area contributed by atoms with E-state index < -0.39 is 6.23 Å². The number of unbranched alkanes of at least 4 members (excludes halogenated alkanes) is 3. The Morgan fingerprint density at radius 3 is 2.83 bits per heavy atom. The smallest absolute Gasteiger partial charge is 0.247 e. The molecular weight excluding hydrogens is 384 g/mol. The summed E-state index contributed by atoms with van der Waals surface area (Å²) >= 11 is 1.61. The molecule has 3 aromatic rings. The number of ether oxygens (including phenoxy) is 1. The number of fused-ring (bicyclic) bond motifs is 3. The Balaban J connectivity index is 1.63. The summed E-state index contributed by atoms with van der Waals surface area (Å²) in [7, 11) is 0. The van der Waals surface area contributed by atoms with Gasteiger partial charge in [-0.25, -0.2) is 0 Å². The summed E-state index contributed by atoms with van der Waals surface area (Å²) < 4.78 is 6.22. The number of phenols is 1. The highest BCUT2D eigenvalue weighted by molar-refractivity contribution is 7.99. The highest BCUT2D eigenvalue weighted by Crippen LogP contribution is 2.39. The lowest BCUT2D eigenvalue weighted by molar-refractivity contribution is 0.225. The summed E-state index contributed by atoms with van der Waals surface area (Å²) in [6.07, 6.45) is 4.33. The van der Waals surface area contributed by atoms with Crippen LogP contribution in [-0.2, 0) is 0 Å². The van der Waals surface area contributed by atoms with Gasteiger partial charge in [0.2, 0.25) is 11.0 Å². The van der Waals surface area contributed by atoms with Gasteiger partial charge in [-0.15, -0.1) is 10.2 Å². The average molecular weight is 409 g/mol. The summed E-state index contributed by atoms with van der Waals surface area (Å²) in [5.74, 6) is 1.60. The Morgan fingerprint density at radius 1 is 1.07 bits per heavy atom. The van der Waals surface area contributed by atoms with Crippen LogP contribution in [0, 0.1) is 0 Å². The van der Waals surface area contributed by atoms with Gasteiger partial charge in [0.05, 0.1) is 0 Å². The molecule has 0 aliphatic carbocycles. The lowest BCUT2D eigenvalue weighted by Crippen LogP contribution is -2.17. The Bertz CT molecular complexity index is 983. The summed E-state index contributed by atoms with van der Waals surface area (Å²) in [5, 5.41) is 22.6. The molecule has 1 aliphatic rings. The van der Waals surface area contributed by atoms with Crippen LogP contribution in [0.5, 0.6) is 11.6 Å². The van der Waals surface area contributed by atoms with Crippen LogP contribution in [-0.4, -0.2) is 26.0 Å². The SMILES string of the molecule is CCCCCCSc1nnc2c(n1)OC(c1cccc(O)c1)Nc1ccccc1-2. The molecule has 1 atom stereocenters. The highest BCUT2D eigenvalue weighted by atomic mass is 32.2. The molecule has 0 bridgehead atoms. The van der Waals surface area contributed by atoms with Gasteiger partial charge in [-0.05, 0) is 24.6 Å². The summed E-state index contributed by atoms with van der Waals surface area (Å²) in [5.41, 5.74) is 3.20. The van der Waals surface area contributed by atoms with Crippen molar-refractivity contribution in [2.24, 2.45) is 0 Å². The van der Waals surface area contributed by atoms with E-state index in [4.69, 9.17) is 4.74 Å². The maximum Gasteiger partial charge on any atom is 0.247 e. The van der Waals surface area contributed by atoms with Gasteiger partial charge in [0.15, 0.2) is 11.9 Å². The monoisotopic (exact) mass is 408 g/mol. The van der Waals surface area contributed by atoms with Crippen LogP contribution < -0.4 is 10.1 Å². The Labute approximate surface area is 174 Å². The molecule has 0 saturated carbocycles. The fraction of sp³-hybridized carbons (Fsp3) is 0.318. The van der Waals surface area contributed by atoms with Gasteiger partial charge in [-0.2, -0.15) is 4.98 Å². The fourth-order valence-corrected chi connectivity index (χ4v) is 4.02. The van der Waals surface area contributed by atoms with E-state index in [1.807, 2.05) is 30.3 Å². The van der Waals surface area contributed by atoms with Crippen LogP contribution in [0.4, 0.5) is 5.69 Å². The third-order valence-corrected chi connectivity index (χ3v) is 5.66. The third-order valence-electron chi connectivity index (χ3n) is 4.74. The molecule has 2 aromatic carbocycles. The number of anilines is 1. The number of phenolic OH excluding ortho intramolecular Hbond substituents is 1. The van der Waals surface area contributed by atoms with Crippen molar-refractivity contribution in [2.45, 2.75) is 44.0 Å². The molecule has 6 nitrogen and oxygen atoms in total. The van der Waals surface area contributed by atoms with E-state index in [1.54, 1.807) is 30.0 Å². The first-order valence-corrected chi connectivity index (χ1v) is 10.9. The molecule has 1 aliphatic heterocycles. The molecule has 0 radical (unpaired) electrons. The molecule has 1 aromatic heterocycles. The molecule has 0 fully saturated rings. The zero-order chi connectivity index (χ0) is 20.1. The van der Waals surface area contributed by atoms with E-state index in [0.29, 0.717) is 16.7 Å². The van der Waals surface area contributed by atoms with E-state index in [-0.39, 0.29) is 5.75 Å². The van der Waals surface area contributed by atoms with Gasteiger partial charge in [-0.3, -0.25) is 0 Å². The van der Waals surface area contributed by atoms with Crippen molar-refractivity contribution >= 4 is 17.4 Å². The number of aromatic hydroxyl groups is 1. The van der Waals surface area contributed by atoms with Gasteiger partial charge in [0.25, 0.3) is 0 Å². The number of nitrogens with one attached hydrogen (secondary N) is 1. The number of hydrogen-bond acceptors (Lipinski definition) is 7. The number of aromatic nitrogens is 3. The topological polar surface area (TPSA) is 80.2 Å². The predicted molar refractivity (Wildman–Crippen MR) is 115 cm³/mol. The number of nitrogens with zero attached hydrogens (tertiary/aromatic N) is 3. The second kappa shape index (κ2) is 9.13. The molecule has 1 unspecified atom stereocenters. The zero-order valence-electron chi connectivity index (χ0n) is 16.3. The van der Waals surface area contributed by atoms with Gasteiger partial charge >= 0.3 is 0 Å². The fourth-order valence-electron chi connectivity index (χ4n) is 3.24. The quantitative estimate of drug-likeness (QED) is 0.399. The van der Waals surface area contributed by atoms with Crippen LogP contribution in [0.3, 0.4) is 0 Å². The second-order valence-corrected chi connectivity index (χ2v) is 8.00. The number of para-hydroxylation sites is 1. The van der Waals surface area contributed by atoms with Crippen molar-refractivity contribution in [3.05, 3.63) is 54.1 Å². The highest BCUT2D eigenvalue weighted by Gasteiger charge is 2.26. The summed E-state index contributed by atoms with van der Waals surface area (Å²) in [4.78, 5) is 4.65. The number of hydrogen-bond donors (Lipinski definition) is 2. The summed E-state index contributed by atoms with van der Waals surface area (Å²) in [6, 6.07) is 14.9. The maximum absolute atomic E-state index is 9.88. The molecular formula is C22H24N4O2S. The Hall–Kier alpha value is -2.80. The number of thioether (sulfide) groups is 1. The van der Waals surface area contributed by atoms with E-state index in [9.17, 15) is 5.11 Å². The summed E-state index contributed by atoms with van der Waals surface area (Å²) in [6.45, 7) is 2.21. The van der Waals surface area contributed by atoms with E-state index in [0.717, 1.165) is 29.0 Å². The molecule has 150 valence electrons. The first-order valence-electron chi connectivity index (χ1n) is 9.93. The van der Waals surface area contributed by atoms with Crippen molar-refractivity contribution in [2.75, 3.05) is 11.1 Å². The molecule has 29 heavy (non-hydrogen) atoms. The van der Waals surface area contributed by atoms with Gasteiger partial charge < -0.3 is 15.2 Å². The minimum absolute atomic E-state index is 0.190. The Kier molecular flexibility index (Phi) is 6.14. The number of benzene rings is 2. The molecule has 2 N–H and O–H groups in total. The van der Waals surface area contributed by atoms with Crippen LogP contribution in [0.2, 0.25) is 0 Å². The molecule has 0 amide bonds. The molecule has 4 rings (SSSR count). The third kappa shape index (κ3) is 4.62. The van der Waals surface area contributed by atoms with Crippen LogP contribution in [0.1, 0.15) is 44.4 Å². The maximum atomic E-state index is 9.88. The first-order chi connectivity index (χ1) is 14.2. The van der Waals surface area contributed by atoms with Gasteiger partial charge in [0, 0.05) is 22.6 Å². The average Bonchev–Trinajstić information content (AvgIpc) is 2.90. The van der Waals surface area contributed by atoms with Crippen LogP contribution in [0.15, 0.2) is 53.7 Å². The molecule has 7 heteroatoms. The number of rotatable bonds is 7. The van der Waals surface area contributed by atoms with Crippen molar-refractivity contribution < 1.29 is 9.84 Å². The minimum Gasteiger partial charge on any atom is -0.508 e. The Morgan fingerprint density at radius 2 is 1.97 bits per heavy atom. The van der Waals surface area contributed by atoms with E-state index in [2.05, 4.69) is 27.4 Å². The minimum atomic E-state index is -0.497. The van der Waals surface area contributed by atoms with Crippen molar-refractivity contribution in [3.63, 3.8) is 0 Å². The zero-order valence-corrected chi connectivity index (χ0v) is 17.2. The normalized spacial score (nSPS) is 14.9. The van der Waals surface area contributed by atoms with Crippen molar-refractivity contribution in [3.8, 4) is 22.9 Å². The van der Waals surface area contributed by atoms with Crippen LogP contribution >= 0.6 is 11.8 Å². The molecule has 2 heterocycles. The molecule has 0 saturated heterocycles. The predicted octanol–water partition coefficient (Wildman–Crippen LogP) is 5.42. The first kappa shape index (κ1) is 19.5. The van der Waals surface area contributed by atoms with Crippen LogP contribution in [0.25, 0.3) is 11.3 Å². The van der Waals surface area contributed by atoms with Gasteiger partial charge in [0.1, 0.15) is 5.75 Å². The van der Waals surface area contributed by atoms with Crippen molar-refractivity contribution in [1.29, 1.82) is 0 Å². The standard InChI is InChI=1S/C22H24N4O2S/c1-2-3-4-7-13-29-22-24-21-19(25-26-22)17-11-5-6-12-18(17)23-20(28-21)15-9-8-10-16(27)14-15/h5-6,8-12,14,20,23,27H,2-4,7,13H2,1H3. The van der Waals surface area contributed by atoms with E-state index in [1.165, 1.54) is 19.3 Å². The van der Waals surface area contributed by atoms with Crippen molar-refractivity contribution in [1.82, 2.24) is 15.2 Å². The molecule has 0 spiro atoms. The largest absolute Gasteiger partial charge is 0.508 e.